The number of ether oxygens (including phenoxy) is 2. The van der Waals surface area contributed by atoms with E-state index in [0.29, 0.717) is 16.7 Å². The lowest BCUT2D eigenvalue weighted by Crippen LogP contribution is -2.56. The molecule has 0 aromatic heterocycles. The number of rotatable bonds is 2. The van der Waals surface area contributed by atoms with Crippen LogP contribution in [0.4, 0.5) is 0 Å². The molecule has 1 aromatic rings. The van der Waals surface area contributed by atoms with Crippen LogP contribution in [-0.4, -0.2) is 14.2 Å². The average molecular weight is 355 g/mol. The van der Waals surface area contributed by atoms with Crippen molar-refractivity contribution in [2.24, 2.45) is 22.7 Å². The van der Waals surface area contributed by atoms with Gasteiger partial charge in [-0.25, -0.2) is 0 Å². The van der Waals surface area contributed by atoms with Crippen molar-refractivity contribution < 1.29 is 9.47 Å². The first-order valence-electron chi connectivity index (χ1n) is 10.2. The molecule has 4 unspecified atom stereocenters. The smallest absolute Gasteiger partial charge is 0.161 e. The Bertz CT molecular complexity index is 747. The van der Waals surface area contributed by atoms with Crippen molar-refractivity contribution in [3.8, 4) is 11.5 Å². The monoisotopic (exact) mass is 354 g/mol. The Balaban J connectivity index is 1.84. The van der Waals surface area contributed by atoms with Crippen molar-refractivity contribution in [3.63, 3.8) is 0 Å². The number of allylic oxidation sites excluding steroid dienone is 1. The quantitative estimate of drug-likeness (QED) is 0.626. The van der Waals surface area contributed by atoms with Crippen molar-refractivity contribution in [3.05, 3.63) is 29.3 Å². The maximum absolute atomic E-state index is 5.64. The molecule has 0 heterocycles. The van der Waals surface area contributed by atoms with E-state index in [2.05, 4.69) is 52.0 Å². The van der Waals surface area contributed by atoms with Crippen LogP contribution < -0.4 is 9.47 Å². The molecule has 1 aromatic carbocycles. The second-order valence-corrected chi connectivity index (χ2v) is 9.99. The Morgan fingerprint density at radius 3 is 2.31 bits per heavy atom. The van der Waals surface area contributed by atoms with E-state index in [1.165, 1.54) is 43.2 Å². The van der Waals surface area contributed by atoms with Gasteiger partial charge < -0.3 is 9.47 Å². The van der Waals surface area contributed by atoms with Crippen LogP contribution in [0.1, 0.15) is 70.9 Å². The summed E-state index contributed by atoms with van der Waals surface area (Å²) >= 11 is 0. The van der Waals surface area contributed by atoms with Gasteiger partial charge in [-0.2, -0.15) is 0 Å². The van der Waals surface area contributed by atoms with E-state index in [4.69, 9.17) is 9.47 Å². The molecule has 0 bridgehead atoms. The maximum atomic E-state index is 5.64. The number of methoxy groups -OCH3 is 2. The Hall–Kier alpha value is -1.44. The van der Waals surface area contributed by atoms with Crippen LogP contribution in [0, 0.1) is 22.7 Å². The molecule has 0 radical (unpaired) electrons. The van der Waals surface area contributed by atoms with Gasteiger partial charge in [0.15, 0.2) is 11.5 Å². The molecule has 0 saturated heterocycles. The maximum Gasteiger partial charge on any atom is 0.161 e. The van der Waals surface area contributed by atoms with E-state index >= 15 is 0 Å². The average Bonchev–Trinajstić information content (AvgIpc) is 2.59. The third kappa shape index (κ3) is 2.30. The highest BCUT2D eigenvalue weighted by atomic mass is 16.5. The summed E-state index contributed by atoms with van der Waals surface area (Å²) in [5.41, 5.74) is 3.78. The zero-order chi connectivity index (χ0) is 18.7. The molecule has 26 heavy (non-hydrogen) atoms. The highest BCUT2D eigenvalue weighted by molar-refractivity contribution is 5.65. The Morgan fingerprint density at radius 2 is 1.62 bits per heavy atom. The summed E-state index contributed by atoms with van der Waals surface area (Å²) in [5.74, 6) is 3.10. The van der Waals surface area contributed by atoms with E-state index in [1.54, 1.807) is 14.2 Å². The Labute approximate surface area is 159 Å². The minimum atomic E-state index is 0.183. The largest absolute Gasteiger partial charge is 0.493 e. The fraction of sp³-hybridized carbons (Fsp3) is 0.667. The predicted molar refractivity (Wildman–Crippen MR) is 108 cm³/mol. The molecule has 2 saturated carbocycles. The fourth-order valence-electron chi connectivity index (χ4n) is 7.05. The van der Waals surface area contributed by atoms with Gasteiger partial charge in [-0.1, -0.05) is 46.3 Å². The summed E-state index contributed by atoms with van der Waals surface area (Å²) in [5, 5.41) is 0. The van der Waals surface area contributed by atoms with Gasteiger partial charge in [-0.05, 0) is 71.6 Å². The second kappa shape index (κ2) is 5.78. The molecule has 2 heteroatoms. The van der Waals surface area contributed by atoms with Crippen molar-refractivity contribution >= 4 is 6.08 Å². The number of fused-ring (bicyclic) bond motifs is 5. The third-order valence-electron chi connectivity index (χ3n) is 8.26. The predicted octanol–water partition coefficient (Wildman–Crippen LogP) is 6.23. The van der Waals surface area contributed by atoms with E-state index in [0.717, 1.165) is 17.4 Å². The fourth-order valence-corrected chi connectivity index (χ4v) is 7.05. The zero-order valence-electron chi connectivity index (χ0n) is 17.3. The van der Waals surface area contributed by atoms with Crippen LogP contribution in [0.2, 0.25) is 0 Å². The van der Waals surface area contributed by atoms with Crippen LogP contribution in [0.15, 0.2) is 18.2 Å². The lowest BCUT2D eigenvalue weighted by Gasteiger charge is -2.63. The molecule has 2 nitrogen and oxygen atoms in total. The lowest BCUT2D eigenvalue weighted by atomic mass is 9.41. The van der Waals surface area contributed by atoms with Gasteiger partial charge in [0.05, 0.1) is 14.2 Å². The molecule has 0 aliphatic heterocycles. The van der Waals surface area contributed by atoms with E-state index in [9.17, 15) is 0 Å². The molecule has 0 amide bonds. The first-order valence-corrected chi connectivity index (χ1v) is 10.2. The van der Waals surface area contributed by atoms with Gasteiger partial charge in [0.2, 0.25) is 0 Å². The van der Waals surface area contributed by atoms with Gasteiger partial charge in [0.25, 0.3) is 0 Å². The van der Waals surface area contributed by atoms with Gasteiger partial charge in [-0.15, -0.1) is 0 Å². The van der Waals surface area contributed by atoms with Gasteiger partial charge in [-0.3, -0.25) is 0 Å². The number of hydrogen-bond acceptors (Lipinski definition) is 2. The lowest BCUT2D eigenvalue weighted by molar-refractivity contribution is -0.0876. The normalized spacial score (nSPS) is 37.3. The van der Waals surface area contributed by atoms with Crippen molar-refractivity contribution in [2.45, 2.75) is 65.2 Å². The topological polar surface area (TPSA) is 18.5 Å². The molecule has 2 fully saturated rings. The highest BCUT2D eigenvalue weighted by Crippen LogP contribution is 2.66. The highest BCUT2D eigenvalue weighted by Gasteiger charge is 2.58. The zero-order valence-corrected chi connectivity index (χ0v) is 17.3. The van der Waals surface area contributed by atoms with E-state index < -0.39 is 0 Å². The summed E-state index contributed by atoms with van der Waals surface area (Å²) in [6.45, 7) is 10.1. The summed E-state index contributed by atoms with van der Waals surface area (Å²) in [7, 11) is 3.46. The molecule has 3 aliphatic carbocycles. The van der Waals surface area contributed by atoms with Gasteiger partial charge in [0.1, 0.15) is 0 Å². The summed E-state index contributed by atoms with van der Waals surface area (Å²) in [6, 6.07) is 4.41. The molecular weight excluding hydrogens is 320 g/mol. The van der Waals surface area contributed by atoms with Crippen LogP contribution >= 0.6 is 0 Å². The minimum Gasteiger partial charge on any atom is -0.493 e. The third-order valence-corrected chi connectivity index (χ3v) is 8.26. The molecule has 4 atom stereocenters. The first-order chi connectivity index (χ1) is 12.3. The van der Waals surface area contributed by atoms with Crippen molar-refractivity contribution in [1.29, 1.82) is 0 Å². The molecular formula is C24H34O2. The van der Waals surface area contributed by atoms with Gasteiger partial charge in [0, 0.05) is 5.41 Å². The standard InChI is InChI=1S/C24H34O2/c1-22(2)11-7-12-24(4)20(22)10-13-23(3)17-15-19(26-6)18(25-5)14-16(17)8-9-21(23)24/h8-9,14-15,20-21H,7,10-13H2,1-6H3. The number of hydrogen-bond donors (Lipinski definition) is 0. The Kier molecular flexibility index (Phi) is 3.99. The van der Waals surface area contributed by atoms with Crippen LogP contribution in [0.3, 0.4) is 0 Å². The van der Waals surface area contributed by atoms with E-state index in [1.807, 2.05) is 0 Å². The van der Waals surface area contributed by atoms with E-state index in [-0.39, 0.29) is 5.41 Å². The first kappa shape index (κ1) is 17.9. The molecule has 142 valence electrons. The van der Waals surface area contributed by atoms with Crippen LogP contribution in [-0.2, 0) is 5.41 Å². The second-order valence-electron chi connectivity index (χ2n) is 9.99. The van der Waals surface area contributed by atoms with Crippen LogP contribution in [0.5, 0.6) is 11.5 Å². The Morgan fingerprint density at radius 1 is 0.923 bits per heavy atom. The molecule has 0 N–H and O–H groups in total. The van der Waals surface area contributed by atoms with Crippen molar-refractivity contribution in [2.75, 3.05) is 14.2 Å². The molecule has 4 rings (SSSR count). The molecule has 3 aliphatic rings. The van der Waals surface area contributed by atoms with Crippen molar-refractivity contribution in [1.82, 2.24) is 0 Å². The minimum absolute atomic E-state index is 0.183. The molecule has 0 spiro atoms. The summed E-state index contributed by atoms with van der Waals surface area (Å²) < 4.78 is 11.2. The van der Waals surface area contributed by atoms with Crippen LogP contribution in [0.25, 0.3) is 6.08 Å². The number of benzene rings is 1. The van der Waals surface area contributed by atoms with Gasteiger partial charge >= 0.3 is 0 Å². The summed E-state index contributed by atoms with van der Waals surface area (Å²) in [4.78, 5) is 0. The SMILES string of the molecule is COc1cc2c(cc1OC)C1(C)CCC3C(C)(C)CCCC3(C)C1C=C2. The summed E-state index contributed by atoms with van der Waals surface area (Å²) in [6.07, 6.45) is 11.6.